The monoisotopic (exact) mass is 706 g/mol. The summed E-state index contributed by atoms with van der Waals surface area (Å²) >= 11 is 3.39. The summed E-state index contributed by atoms with van der Waals surface area (Å²) in [5.74, 6) is 1.48. The fraction of sp³-hybridized carbons (Fsp3) is 0.455. The maximum absolute atomic E-state index is 5.95. The Balaban J connectivity index is 0.000000203. The van der Waals surface area contributed by atoms with Crippen LogP contribution in [0.3, 0.4) is 0 Å². The molecule has 248 valence electrons. The summed E-state index contributed by atoms with van der Waals surface area (Å²) in [6, 6.07) is 15.5. The Morgan fingerprint density at radius 3 is 2.06 bits per heavy atom. The van der Waals surface area contributed by atoms with Crippen molar-refractivity contribution in [3.8, 4) is 11.5 Å². The van der Waals surface area contributed by atoms with E-state index in [-0.39, 0.29) is 12.1 Å². The van der Waals surface area contributed by atoms with Crippen molar-refractivity contribution in [2.24, 2.45) is 0 Å². The van der Waals surface area contributed by atoms with Crippen molar-refractivity contribution in [1.29, 1.82) is 0 Å². The molecule has 2 fully saturated rings. The first-order valence-corrected chi connectivity index (χ1v) is 16.9. The van der Waals surface area contributed by atoms with Gasteiger partial charge in [-0.2, -0.15) is 4.98 Å². The van der Waals surface area contributed by atoms with E-state index >= 15 is 0 Å². The van der Waals surface area contributed by atoms with Crippen LogP contribution in [0, 0.1) is 6.92 Å². The molecular formula is C33H39BrN8O5. The van der Waals surface area contributed by atoms with E-state index < -0.39 is 0 Å². The maximum atomic E-state index is 5.95. The van der Waals surface area contributed by atoms with Gasteiger partial charge < -0.3 is 29.1 Å². The number of nitrogens with two attached hydrogens (primary N) is 1. The number of aromatic nitrogens is 7. The van der Waals surface area contributed by atoms with Crippen molar-refractivity contribution >= 4 is 33.0 Å². The molecule has 2 aliphatic rings. The highest BCUT2D eigenvalue weighted by Gasteiger charge is 2.19. The van der Waals surface area contributed by atoms with Crippen LogP contribution in [-0.2, 0) is 44.0 Å². The molecule has 2 atom stereocenters. The number of halogens is 1. The van der Waals surface area contributed by atoms with E-state index in [2.05, 4.69) is 46.2 Å². The second-order valence-electron chi connectivity index (χ2n) is 11.4. The van der Waals surface area contributed by atoms with E-state index in [1.54, 1.807) is 4.68 Å². The van der Waals surface area contributed by atoms with Crippen molar-refractivity contribution in [1.82, 2.24) is 34.9 Å². The van der Waals surface area contributed by atoms with Gasteiger partial charge in [-0.3, -0.25) is 9.97 Å². The largest absolute Gasteiger partial charge is 0.460 e. The highest BCUT2D eigenvalue weighted by molar-refractivity contribution is 9.08. The van der Waals surface area contributed by atoms with Gasteiger partial charge in [0.15, 0.2) is 16.9 Å². The second kappa shape index (κ2) is 16.3. The Hall–Kier alpha value is -3.82. The van der Waals surface area contributed by atoms with E-state index in [0.717, 1.165) is 72.8 Å². The molecule has 0 amide bonds. The molecule has 0 bridgehead atoms. The van der Waals surface area contributed by atoms with E-state index in [9.17, 15) is 0 Å². The fourth-order valence-electron chi connectivity index (χ4n) is 5.39. The number of fused-ring (bicyclic) bond motifs is 1. The highest BCUT2D eigenvalue weighted by atomic mass is 79.9. The molecule has 2 aliphatic heterocycles. The number of anilines is 1. The Kier molecular flexibility index (Phi) is 11.5. The second-order valence-corrected chi connectivity index (χ2v) is 12.0. The lowest BCUT2D eigenvalue weighted by molar-refractivity contribution is 0.00960. The Bertz CT molecular complexity index is 1740. The number of furan rings is 1. The third kappa shape index (κ3) is 9.17. The lowest BCUT2D eigenvalue weighted by atomic mass is 10.2. The molecule has 13 nitrogen and oxygen atoms in total. The predicted molar refractivity (Wildman–Crippen MR) is 177 cm³/mol. The number of pyridine rings is 2. The SMILES string of the molecule is BrCc1cccc(COCC2CCCO2)n1.Cc1ccc(-c2nc(N)nc3c2nnn3Cc2cccc(COCC3CCCO3)n2)o1. The van der Waals surface area contributed by atoms with Gasteiger partial charge >= 0.3 is 0 Å². The minimum absolute atomic E-state index is 0.129. The molecule has 2 saturated heterocycles. The predicted octanol–water partition coefficient (Wildman–Crippen LogP) is 5.18. The van der Waals surface area contributed by atoms with Gasteiger partial charge in [-0.1, -0.05) is 33.3 Å². The van der Waals surface area contributed by atoms with Crippen LogP contribution in [0.15, 0.2) is 52.9 Å². The van der Waals surface area contributed by atoms with Gasteiger partial charge in [0.2, 0.25) is 5.95 Å². The zero-order valence-corrected chi connectivity index (χ0v) is 28.0. The van der Waals surface area contributed by atoms with Gasteiger partial charge in [-0.15, -0.1) is 5.10 Å². The summed E-state index contributed by atoms with van der Waals surface area (Å²) in [5.41, 5.74) is 11.2. The van der Waals surface area contributed by atoms with Gasteiger partial charge in [0.25, 0.3) is 0 Å². The molecule has 14 heteroatoms. The summed E-state index contributed by atoms with van der Waals surface area (Å²) in [5, 5.41) is 9.30. The maximum Gasteiger partial charge on any atom is 0.222 e. The molecule has 0 aliphatic carbocycles. The topological polar surface area (TPSA) is 158 Å². The summed E-state index contributed by atoms with van der Waals surface area (Å²) in [6.45, 7) is 6.23. The lowest BCUT2D eigenvalue weighted by Gasteiger charge is -2.10. The number of hydrogen-bond acceptors (Lipinski definition) is 12. The minimum atomic E-state index is 0.129. The third-order valence-electron chi connectivity index (χ3n) is 7.69. The van der Waals surface area contributed by atoms with E-state index in [1.165, 1.54) is 0 Å². The Labute approximate surface area is 281 Å². The van der Waals surface area contributed by atoms with Crippen molar-refractivity contribution in [3.05, 3.63) is 77.1 Å². The van der Waals surface area contributed by atoms with Gasteiger partial charge in [-0.25, -0.2) is 9.67 Å². The third-order valence-corrected chi connectivity index (χ3v) is 8.26. The molecular weight excluding hydrogens is 668 g/mol. The molecule has 0 saturated carbocycles. The molecule has 7 heterocycles. The van der Waals surface area contributed by atoms with Crippen LogP contribution in [0.1, 0.15) is 54.2 Å². The van der Waals surface area contributed by atoms with Crippen molar-refractivity contribution in [2.75, 3.05) is 32.2 Å². The van der Waals surface area contributed by atoms with Crippen LogP contribution in [0.25, 0.3) is 22.6 Å². The van der Waals surface area contributed by atoms with E-state index in [0.29, 0.717) is 61.7 Å². The first-order chi connectivity index (χ1) is 23.0. The van der Waals surface area contributed by atoms with Crippen LogP contribution in [0.2, 0.25) is 0 Å². The molecule has 47 heavy (non-hydrogen) atoms. The van der Waals surface area contributed by atoms with Crippen LogP contribution in [0.4, 0.5) is 5.95 Å². The number of nitrogen functional groups attached to an aromatic ring is 1. The number of ether oxygens (including phenoxy) is 4. The number of nitrogens with zero attached hydrogens (tertiary/aromatic N) is 7. The Morgan fingerprint density at radius 2 is 1.47 bits per heavy atom. The molecule has 0 radical (unpaired) electrons. The van der Waals surface area contributed by atoms with Gasteiger partial charge in [0.05, 0.1) is 68.0 Å². The van der Waals surface area contributed by atoms with E-state index in [4.69, 9.17) is 29.1 Å². The standard InChI is InChI=1S/C21H23N7O3.C12H16BrNO2/c1-13-7-8-17(31-13)18-19-20(25-21(22)24-18)28(27-26-19)10-14-4-2-5-15(23-14)11-29-12-16-6-3-9-30-16;13-7-10-3-1-4-11(14-10)8-15-9-12-5-2-6-16-12/h2,4-5,7-8,16H,3,6,9-12H2,1H3,(H2,22,24,25);1,3-4,12H,2,5-9H2. The number of rotatable bonds is 12. The van der Waals surface area contributed by atoms with Gasteiger partial charge in [-0.05, 0) is 69.0 Å². The fourth-order valence-corrected chi connectivity index (χ4v) is 5.70. The summed E-state index contributed by atoms with van der Waals surface area (Å²) in [6.07, 6.45) is 4.92. The van der Waals surface area contributed by atoms with Crippen LogP contribution >= 0.6 is 15.9 Å². The normalized spacial score (nSPS) is 17.7. The highest BCUT2D eigenvalue weighted by Crippen LogP contribution is 2.27. The molecule has 0 spiro atoms. The molecule has 5 aromatic heterocycles. The van der Waals surface area contributed by atoms with Crippen molar-refractivity contribution in [2.45, 2.75) is 69.9 Å². The molecule has 7 rings (SSSR count). The molecule has 5 aromatic rings. The van der Waals surface area contributed by atoms with Crippen molar-refractivity contribution < 1.29 is 23.4 Å². The van der Waals surface area contributed by atoms with Crippen molar-refractivity contribution in [3.63, 3.8) is 0 Å². The number of aryl methyl sites for hydroxylation is 1. The average molecular weight is 708 g/mol. The summed E-state index contributed by atoms with van der Waals surface area (Å²) in [7, 11) is 0. The first-order valence-electron chi connectivity index (χ1n) is 15.8. The summed E-state index contributed by atoms with van der Waals surface area (Å²) < 4.78 is 29.8. The van der Waals surface area contributed by atoms with Crippen LogP contribution in [0.5, 0.6) is 0 Å². The first kappa shape index (κ1) is 33.1. The average Bonchev–Trinajstić information content (AvgIpc) is 3.92. The number of alkyl halides is 1. The van der Waals surface area contributed by atoms with E-state index in [1.807, 2.05) is 55.5 Å². The van der Waals surface area contributed by atoms with Crippen LogP contribution < -0.4 is 5.73 Å². The summed E-state index contributed by atoms with van der Waals surface area (Å²) in [4.78, 5) is 17.8. The number of hydrogen-bond donors (Lipinski definition) is 1. The van der Waals surface area contributed by atoms with Gasteiger partial charge in [0, 0.05) is 18.5 Å². The Morgan fingerprint density at radius 1 is 0.830 bits per heavy atom. The quantitative estimate of drug-likeness (QED) is 0.170. The lowest BCUT2D eigenvalue weighted by Crippen LogP contribution is -2.14. The zero-order valence-electron chi connectivity index (χ0n) is 26.4. The van der Waals surface area contributed by atoms with Gasteiger partial charge in [0.1, 0.15) is 11.5 Å². The molecule has 0 aromatic carbocycles. The molecule has 2 unspecified atom stereocenters. The smallest absolute Gasteiger partial charge is 0.222 e. The zero-order chi connectivity index (χ0) is 32.4. The molecule has 2 N–H and O–H groups in total. The van der Waals surface area contributed by atoms with Crippen LogP contribution in [-0.4, -0.2) is 73.6 Å². The minimum Gasteiger partial charge on any atom is -0.460 e.